The molecule has 0 fully saturated rings. The van der Waals surface area contributed by atoms with Crippen LogP contribution in [0.2, 0.25) is 0 Å². The van der Waals surface area contributed by atoms with Crippen molar-refractivity contribution in [2.45, 2.75) is 0 Å². The summed E-state index contributed by atoms with van der Waals surface area (Å²) in [6, 6.07) is 5.57. The average Bonchev–Trinajstić information content (AvgIpc) is 2.75. The van der Waals surface area contributed by atoms with Crippen LogP contribution in [0.4, 0.5) is 10.5 Å². The molecule has 0 unspecified atom stereocenters. The number of carbonyl (C=O) groups is 1. The van der Waals surface area contributed by atoms with E-state index in [1.54, 1.807) is 4.90 Å². The zero-order valence-corrected chi connectivity index (χ0v) is 11.6. The Balaban J connectivity index is 2.06. The molecule has 0 saturated heterocycles. The lowest BCUT2D eigenvalue weighted by Crippen LogP contribution is -2.32. The number of hydrogen-bond donors (Lipinski definition) is 1. The van der Waals surface area contributed by atoms with E-state index in [9.17, 15) is 4.79 Å². The lowest BCUT2D eigenvalue weighted by Gasteiger charge is -2.17. The number of nitrogens with one attached hydrogen (secondary N) is 1. The van der Waals surface area contributed by atoms with Gasteiger partial charge < -0.3 is 10.2 Å². The van der Waals surface area contributed by atoms with Crippen molar-refractivity contribution >= 4 is 43.6 Å². The molecular formula is C11H10Br2N2O. The highest BCUT2D eigenvalue weighted by atomic mass is 79.9. The summed E-state index contributed by atoms with van der Waals surface area (Å²) >= 11 is 6.77. The number of amides is 2. The van der Waals surface area contributed by atoms with Crippen LogP contribution in [0.1, 0.15) is 0 Å². The molecular weight excluding hydrogens is 336 g/mol. The summed E-state index contributed by atoms with van der Waals surface area (Å²) in [5.74, 6) is 0. The summed E-state index contributed by atoms with van der Waals surface area (Å²) in [7, 11) is 0. The van der Waals surface area contributed by atoms with Gasteiger partial charge in [0.1, 0.15) is 0 Å². The Labute approximate surface area is 111 Å². The summed E-state index contributed by atoms with van der Waals surface area (Å²) in [6.45, 7) is 1.36. The van der Waals surface area contributed by atoms with E-state index in [1.165, 1.54) is 0 Å². The Kier molecular flexibility index (Phi) is 3.66. The highest BCUT2D eigenvalue weighted by molar-refractivity contribution is 9.11. The van der Waals surface area contributed by atoms with Gasteiger partial charge in [-0.1, -0.05) is 28.1 Å². The minimum atomic E-state index is -0.0759. The van der Waals surface area contributed by atoms with Crippen molar-refractivity contribution in [1.29, 1.82) is 0 Å². The van der Waals surface area contributed by atoms with E-state index in [0.29, 0.717) is 13.1 Å². The lowest BCUT2D eigenvalue weighted by atomic mass is 10.3. The quantitative estimate of drug-likeness (QED) is 0.775. The van der Waals surface area contributed by atoms with Gasteiger partial charge in [0.25, 0.3) is 0 Å². The molecule has 1 aliphatic heterocycles. The van der Waals surface area contributed by atoms with E-state index in [1.807, 2.05) is 30.4 Å². The zero-order chi connectivity index (χ0) is 11.5. The fourth-order valence-corrected chi connectivity index (χ4v) is 2.58. The molecule has 5 heteroatoms. The maximum atomic E-state index is 11.8. The fourth-order valence-electron chi connectivity index (χ4n) is 1.43. The first-order chi connectivity index (χ1) is 7.66. The summed E-state index contributed by atoms with van der Waals surface area (Å²) < 4.78 is 1.84. The molecule has 0 atom stereocenters. The third-order valence-corrected chi connectivity index (χ3v) is 3.43. The van der Waals surface area contributed by atoms with Crippen LogP contribution in [-0.4, -0.2) is 24.0 Å². The van der Waals surface area contributed by atoms with Crippen molar-refractivity contribution in [1.82, 2.24) is 4.90 Å². The lowest BCUT2D eigenvalue weighted by molar-refractivity contribution is 0.224. The number of benzene rings is 1. The Morgan fingerprint density at radius 2 is 1.94 bits per heavy atom. The van der Waals surface area contributed by atoms with Gasteiger partial charge in [-0.15, -0.1) is 0 Å². The molecule has 0 spiro atoms. The first-order valence-electron chi connectivity index (χ1n) is 4.83. The summed E-state index contributed by atoms with van der Waals surface area (Å²) in [6.07, 6.45) is 3.96. The summed E-state index contributed by atoms with van der Waals surface area (Å²) in [4.78, 5) is 13.5. The molecule has 0 aliphatic carbocycles. The molecule has 1 heterocycles. The van der Waals surface area contributed by atoms with Crippen LogP contribution in [0.25, 0.3) is 0 Å². The van der Waals surface area contributed by atoms with Gasteiger partial charge in [-0.2, -0.15) is 0 Å². The molecule has 1 aliphatic rings. The number of rotatable bonds is 1. The van der Waals surface area contributed by atoms with E-state index in [-0.39, 0.29) is 6.03 Å². The maximum absolute atomic E-state index is 11.8. The van der Waals surface area contributed by atoms with Crippen molar-refractivity contribution in [3.63, 3.8) is 0 Å². The second kappa shape index (κ2) is 5.01. The van der Waals surface area contributed by atoms with Gasteiger partial charge in [0.2, 0.25) is 0 Å². The van der Waals surface area contributed by atoms with E-state index in [2.05, 4.69) is 37.2 Å². The largest absolute Gasteiger partial charge is 0.322 e. The molecule has 1 aromatic carbocycles. The second-order valence-corrected chi connectivity index (χ2v) is 5.20. The predicted octanol–water partition coefficient (Wildman–Crippen LogP) is 3.62. The van der Waals surface area contributed by atoms with Crippen LogP contribution in [0.15, 0.2) is 39.3 Å². The first kappa shape index (κ1) is 11.7. The van der Waals surface area contributed by atoms with Crippen molar-refractivity contribution in [2.75, 3.05) is 18.4 Å². The average molecular weight is 346 g/mol. The van der Waals surface area contributed by atoms with Gasteiger partial charge >= 0.3 is 6.03 Å². The minimum absolute atomic E-state index is 0.0759. The first-order valence-corrected chi connectivity index (χ1v) is 6.41. The van der Waals surface area contributed by atoms with Crippen LogP contribution in [0.5, 0.6) is 0 Å². The third-order valence-electron chi connectivity index (χ3n) is 2.28. The highest BCUT2D eigenvalue weighted by Crippen LogP contribution is 2.26. The Morgan fingerprint density at radius 3 is 2.56 bits per heavy atom. The van der Waals surface area contributed by atoms with Crippen LogP contribution in [-0.2, 0) is 0 Å². The van der Waals surface area contributed by atoms with Gasteiger partial charge in [-0.25, -0.2) is 4.79 Å². The van der Waals surface area contributed by atoms with Crippen LogP contribution < -0.4 is 5.32 Å². The standard InChI is InChI=1S/C11H10Br2N2O/c12-8-3-4-10(9(13)7-8)14-11(16)15-5-1-2-6-15/h1-4,7H,5-6H2,(H,14,16). The number of carbonyl (C=O) groups excluding carboxylic acids is 1. The van der Waals surface area contributed by atoms with Crippen molar-refractivity contribution in [3.05, 3.63) is 39.3 Å². The SMILES string of the molecule is O=C(Nc1ccc(Br)cc1Br)N1CC=CC1. The van der Waals surface area contributed by atoms with Gasteiger partial charge in [0, 0.05) is 22.0 Å². The molecule has 0 radical (unpaired) electrons. The molecule has 84 valence electrons. The minimum Gasteiger partial charge on any atom is -0.317 e. The van der Waals surface area contributed by atoms with Crippen molar-refractivity contribution in [3.8, 4) is 0 Å². The number of anilines is 1. The van der Waals surface area contributed by atoms with Crippen molar-refractivity contribution < 1.29 is 4.79 Å². The van der Waals surface area contributed by atoms with Gasteiger partial charge in [-0.05, 0) is 34.1 Å². The molecule has 16 heavy (non-hydrogen) atoms. The van der Waals surface area contributed by atoms with Gasteiger partial charge in [0.05, 0.1) is 5.69 Å². The molecule has 2 rings (SSSR count). The second-order valence-electron chi connectivity index (χ2n) is 3.43. The third kappa shape index (κ3) is 2.65. The smallest absolute Gasteiger partial charge is 0.317 e. The Hall–Kier alpha value is -0.810. The topological polar surface area (TPSA) is 32.3 Å². The fraction of sp³-hybridized carbons (Fsp3) is 0.182. The Bertz CT molecular complexity index is 438. The number of urea groups is 1. The summed E-state index contributed by atoms with van der Waals surface area (Å²) in [5, 5.41) is 2.86. The number of halogens is 2. The van der Waals surface area contributed by atoms with E-state index < -0.39 is 0 Å². The summed E-state index contributed by atoms with van der Waals surface area (Å²) in [5.41, 5.74) is 0.778. The predicted molar refractivity (Wildman–Crippen MR) is 71.6 cm³/mol. The Morgan fingerprint density at radius 1 is 1.25 bits per heavy atom. The van der Waals surface area contributed by atoms with Crippen molar-refractivity contribution in [2.24, 2.45) is 0 Å². The number of nitrogens with zero attached hydrogens (tertiary/aromatic N) is 1. The molecule has 1 N–H and O–H groups in total. The maximum Gasteiger partial charge on any atom is 0.322 e. The molecule has 3 nitrogen and oxygen atoms in total. The van der Waals surface area contributed by atoms with Gasteiger partial charge in [0.15, 0.2) is 0 Å². The van der Waals surface area contributed by atoms with E-state index >= 15 is 0 Å². The van der Waals surface area contributed by atoms with Crippen LogP contribution in [0, 0.1) is 0 Å². The van der Waals surface area contributed by atoms with Crippen LogP contribution in [0.3, 0.4) is 0 Å². The molecule has 0 aromatic heterocycles. The van der Waals surface area contributed by atoms with E-state index in [4.69, 9.17) is 0 Å². The zero-order valence-electron chi connectivity index (χ0n) is 8.41. The van der Waals surface area contributed by atoms with Crippen LogP contribution >= 0.6 is 31.9 Å². The molecule has 0 bridgehead atoms. The van der Waals surface area contributed by atoms with E-state index in [0.717, 1.165) is 14.6 Å². The molecule has 2 amide bonds. The normalized spacial score (nSPS) is 14.2. The molecule has 1 aromatic rings. The highest BCUT2D eigenvalue weighted by Gasteiger charge is 2.14. The molecule has 0 saturated carbocycles. The number of hydrogen-bond acceptors (Lipinski definition) is 1. The monoisotopic (exact) mass is 344 g/mol. The van der Waals surface area contributed by atoms with Gasteiger partial charge in [-0.3, -0.25) is 0 Å².